The molecule has 1 atom stereocenters. The summed E-state index contributed by atoms with van der Waals surface area (Å²) in [6.45, 7) is 2.54. The molecule has 1 N–H and O–H groups in total. The molecule has 3 nitrogen and oxygen atoms in total. The molecular formula is C19H19NO2. The van der Waals surface area contributed by atoms with Crippen molar-refractivity contribution in [2.24, 2.45) is 5.92 Å². The number of nitrogens with one attached hydrogen (secondary N) is 1. The zero-order valence-electron chi connectivity index (χ0n) is 12.6. The number of benzene rings is 2. The van der Waals surface area contributed by atoms with Crippen LogP contribution >= 0.6 is 0 Å². The standard InChI is InChI=1S/C19H19NO2/c1-13-6-2-3-8-15(13)12-20-19(22)16-10-14-7-4-5-9-17(14)18(21)11-16/h2-9,16H,10-12H2,1H3,(H,20,22). The minimum Gasteiger partial charge on any atom is -0.352 e. The van der Waals surface area contributed by atoms with Crippen LogP contribution in [-0.2, 0) is 17.8 Å². The molecule has 112 valence electrons. The molecule has 2 aromatic carbocycles. The summed E-state index contributed by atoms with van der Waals surface area (Å²) < 4.78 is 0. The second-order valence-corrected chi connectivity index (χ2v) is 5.83. The van der Waals surface area contributed by atoms with Crippen molar-refractivity contribution >= 4 is 11.7 Å². The maximum atomic E-state index is 12.4. The first-order valence-corrected chi connectivity index (χ1v) is 7.58. The smallest absolute Gasteiger partial charge is 0.224 e. The third kappa shape index (κ3) is 2.93. The van der Waals surface area contributed by atoms with Crippen LogP contribution in [0.5, 0.6) is 0 Å². The lowest BCUT2D eigenvalue weighted by atomic mass is 9.82. The first-order valence-electron chi connectivity index (χ1n) is 7.58. The van der Waals surface area contributed by atoms with E-state index < -0.39 is 0 Å². The molecule has 3 rings (SSSR count). The maximum absolute atomic E-state index is 12.4. The molecule has 1 aliphatic rings. The first kappa shape index (κ1) is 14.5. The van der Waals surface area contributed by atoms with Crippen LogP contribution in [-0.4, -0.2) is 11.7 Å². The fourth-order valence-corrected chi connectivity index (χ4v) is 2.96. The van der Waals surface area contributed by atoms with Gasteiger partial charge in [-0.1, -0.05) is 48.5 Å². The van der Waals surface area contributed by atoms with E-state index in [1.54, 1.807) is 0 Å². The number of amides is 1. The Hall–Kier alpha value is -2.42. The number of aryl methyl sites for hydroxylation is 1. The third-order valence-electron chi connectivity index (χ3n) is 4.30. The molecule has 1 aliphatic carbocycles. The Labute approximate surface area is 130 Å². The summed E-state index contributed by atoms with van der Waals surface area (Å²) in [6.07, 6.45) is 0.943. The highest BCUT2D eigenvalue weighted by Crippen LogP contribution is 2.25. The van der Waals surface area contributed by atoms with Gasteiger partial charge >= 0.3 is 0 Å². The molecular weight excluding hydrogens is 274 g/mol. The molecule has 0 saturated carbocycles. The summed E-state index contributed by atoms with van der Waals surface area (Å²) in [5.41, 5.74) is 4.02. The van der Waals surface area contributed by atoms with E-state index in [2.05, 4.69) is 5.32 Å². The van der Waals surface area contributed by atoms with Gasteiger partial charge in [0, 0.05) is 24.4 Å². The Balaban J connectivity index is 1.67. The quantitative estimate of drug-likeness (QED) is 0.945. The summed E-state index contributed by atoms with van der Waals surface area (Å²) in [5, 5.41) is 2.97. The fraction of sp³-hybridized carbons (Fsp3) is 0.263. The Morgan fingerprint density at radius 2 is 1.82 bits per heavy atom. The van der Waals surface area contributed by atoms with Gasteiger partial charge in [-0.3, -0.25) is 9.59 Å². The predicted octanol–water partition coefficient (Wildman–Crippen LogP) is 3.06. The van der Waals surface area contributed by atoms with Gasteiger partial charge in [0.25, 0.3) is 0 Å². The predicted molar refractivity (Wildman–Crippen MR) is 85.6 cm³/mol. The van der Waals surface area contributed by atoms with E-state index in [-0.39, 0.29) is 17.6 Å². The highest BCUT2D eigenvalue weighted by atomic mass is 16.2. The van der Waals surface area contributed by atoms with Crippen LogP contribution in [0.1, 0.15) is 33.5 Å². The molecule has 3 heteroatoms. The molecule has 0 aromatic heterocycles. The van der Waals surface area contributed by atoms with Crippen molar-refractivity contribution < 1.29 is 9.59 Å². The van der Waals surface area contributed by atoms with Gasteiger partial charge in [0.05, 0.1) is 0 Å². The monoisotopic (exact) mass is 293 g/mol. The lowest BCUT2D eigenvalue weighted by molar-refractivity contribution is -0.125. The lowest BCUT2D eigenvalue weighted by Gasteiger charge is -2.23. The third-order valence-corrected chi connectivity index (χ3v) is 4.30. The van der Waals surface area contributed by atoms with E-state index in [1.165, 1.54) is 0 Å². The minimum atomic E-state index is -0.258. The average Bonchev–Trinajstić information content (AvgIpc) is 2.54. The highest BCUT2D eigenvalue weighted by Gasteiger charge is 2.29. The van der Waals surface area contributed by atoms with Gasteiger partial charge in [-0.25, -0.2) is 0 Å². The van der Waals surface area contributed by atoms with Gasteiger partial charge in [0.1, 0.15) is 0 Å². The number of Topliss-reactive ketones (excluding diaryl/α,β-unsaturated/α-hetero) is 1. The Kier molecular flexibility index (Phi) is 4.05. The van der Waals surface area contributed by atoms with Gasteiger partial charge in [-0.15, -0.1) is 0 Å². The normalized spacial score (nSPS) is 17.0. The number of carbonyl (C=O) groups is 2. The van der Waals surface area contributed by atoms with E-state index >= 15 is 0 Å². The largest absolute Gasteiger partial charge is 0.352 e. The van der Waals surface area contributed by atoms with Crippen molar-refractivity contribution in [1.29, 1.82) is 0 Å². The molecule has 0 radical (unpaired) electrons. The van der Waals surface area contributed by atoms with Crippen molar-refractivity contribution in [3.63, 3.8) is 0 Å². The van der Waals surface area contributed by atoms with Crippen LogP contribution in [0.25, 0.3) is 0 Å². The van der Waals surface area contributed by atoms with Crippen molar-refractivity contribution in [3.05, 3.63) is 70.8 Å². The Morgan fingerprint density at radius 1 is 1.09 bits per heavy atom. The Bertz CT molecular complexity index is 721. The zero-order valence-corrected chi connectivity index (χ0v) is 12.6. The van der Waals surface area contributed by atoms with E-state index in [9.17, 15) is 9.59 Å². The molecule has 0 bridgehead atoms. The minimum absolute atomic E-state index is 0.0360. The molecule has 1 amide bonds. The van der Waals surface area contributed by atoms with Crippen LogP contribution in [0.15, 0.2) is 48.5 Å². The Morgan fingerprint density at radius 3 is 2.64 bits per heavy atom. The molecule has 0 heterocycles. The van der Waals surface area contributed by atoms with Crippen LogP contribution in [0.3, 0.4) is 0 Å². The lowest BCUT2D eigenvalue weighted by Crippen LogP contribution is -2.35. The van der Waals surface area contributed by atoms with Gasteiger partial charge < -0.3 is 5.32 Å². The number of ketones is 1. The zero-order chi connectivity index (χ0) is 15.5. The number of hydrogen-bond acceptors (Lipinski definition) is 2. The summed E-state index contributed by atoms with van der Waals surface area (Å²) in [7, 11) is 0. The first-order chi connectivity index (χ1) is 10.6. The topological polar surface area (TPSA) is 46.2 Å². The molecule has 0 aliphatic heterocycles. The van der Waals surface area contributed by atoms with Gasteiger partial charge in [-0.05, 0) is 30.0 Å². The van der Waals surface area contributed by atoms with Crippen molar-refractivity contribution in [2.45, 2.75) is 26.3 Å². The molecule has 22 heavy (non-hydrogen) atoms. The number of hydrogen-bond donors (Lipinski definition) is 1. The van der Waals surface area contributed by atoms with Crippen molar-refractivity contribution in [3.8, 4) is 0 Å². The maximum Gasteiger partial charge on any atom is 0.224 e. The number of carbonyl (C=O) groups excluding carboxylic acids is 2. The molecule has 1 unspecified atom stereocenters. The van der Waals surface area contributed by atoms with E-state index in [0.717, 1.165) is 22.3 Å². The summed E-state index contributed by atoms with van der Waals surface area (Å²) in [5.74, 6) is -0.226. The SMILES string of the molecule is Cc1ccccc1CNC(=O)C1CC(=O)c2ccccc2C1. The van der Waals surface area contributed by atoms with Crippen LogP contribution in [0.2, 0.25) is 0 Å². The number of fused-ring (bicyclic) bond motifs is 1. The van der Waals surface area contributed by atoms with Gasteiger partial charge in [-0.2, -0.15) is 0 Å². The highest BCUT2D eigenvalue weighted by molar-refractivity contribution is 6.01. The van der Waals surface area contributed by atoms with Crippen molar-refractivity contribution in [2.75, 3.05) is 0 Å². The molecule has 0 fully saturated rings. The van der Waals surface area contributed by atoms with Gasteiger partial charge in [0.2, 0.25) is 5.91 Å². The second-order valence-electron chi connectivity index (χ2n) is 5.83. The van der Waals surface area contributed by atoms with Gasteiger partial charge in [0.15, 0.2) is 5.78 Å². The molecule has 0 spiro atoms. The molecule has 0 saturated heterocycles. The summed E-state index contributed by atoms with van der Waals surface area (Å²) in [4.78, 5) is 24.5. The van der Waals surface area contributed by atoms with E-state index in [1.807, 2.05) is 55.5 Å². The van der Waals surface area contributed by atoms with Crippen LogP contribution < -0.4 is 5.32 Å². The van der Waals surface area contributed by atoms with Crippen LogP contribution in [0, 0.1) is 12.8 Å². The van der Waals surface area contributed by atoms with E-state index in [0.29, 0.717) is 19.4 Å². The second kappa shape index (κ2) is 6.14. The van der Waals surface area contributed by atoms with E-state index in [4.69, 9.17) is 0 Å². The van der Waals surface area contributed by atoms with Crippen LogP contribution in [0.4, 0.5) is 0 Å². The summed E-state index contributed by atoms with van der Waals surface area (Å²) in [6, 6.07) is 15.6. The number of rotatable bonds is 3. The fourth-order valence-electron chi connectivity index (χ4n) is 2.96. The molecule has 2 aromatic rings. The summed E-state index contributed by atoms with van der Waals surface area (Å²) >= 11 is 0. The average molecular weight is 293 g/mol. The van der Waals surface area contributed by atoms with Crippen molar-refractivity contribution in [1.82, 2.24) is 5.32 Å².